The standard InChI is InChI=1S/C33H26N2O5S/c1-19-12-13-20(2)25(16-19)30(36)28-29(21-8-7-11-24(17-21)40-22-9-5-4-6-10-22)35(32(38)31(28)37)33-34-26-15-14-23(39-3)18-27(26)41-33/h4-18,29,36H,1-3H3/b30-28+. The Morgan fingerprint density at radius 2 is 1.66 bits per heavy atom. The van der Waals surface area contributed by atoms with Crippen LogP contribution in [0.3, 0.4) is 0 Å². The van der Waals surface area contributed by atoms with Crippen LogP contribution >= 0.6 is 11.3 Å². The number of aromatic nitrogens is 1. The van der Waals surface area contributed by atoms with Gasteiger partial charge in [0.25, 0.3) is 5.78 Å². The summed E-state index contributed by atoms with van der Waals surface area (Å²) in [5.41, 5.74) is 3.46. The summed E-state index contributed by atoms with van der Waals surface area (Å²) in [5.74, 6) is 0.0670. The van der Waals surface area contributed by atoms with E-state index in [-0.39, 0.29) is 11.3 Å². The van der Waals surface area contributed by atoms with Crippen molar-refractivity contribution in [2.24, 2.45) is 0 Å². The van der Waals surface area contributed by atoms with Crippen molar-refractivity contribution in [1.82, 2.24) is 4.98 Å². The zero-order chi connectivity index (χ0) is 28.7. The van der Waals surface area contributed by atoms with Crippen molar-refractivity contribution in [3.8, 4) is 17.2 Å². The summed E-state index contributed by atoms with van der Waals surface area (Å²) in [4.78, 5) is 33.5. The molecule has 2 heterocycles. The molecule has 8 heteroatoms. The van der Waals surface area contributed by atoms with Crippen molar-refractivity contribution < 1.29 is 24.2 Å². The maximum atomic E-state index is 13.7. The fraction of sp³-hybridized carbons (Fsp3) is 0.121. The van der Waals surface area contributed by atoms with Crippen molar-refractivity contribution >= 4 is 44.1 Å². The Kier molecular flexibility index (Phi) is 6.77. The van der Waals surface area contributed by atoms with Crippen LogP contribution in [0.2, 0.25) is 0 Å². The van der Waals surface area contributed by atoms with E-state index in [1.807, 2.05) is 80.6 Å². The molecule has 1 aliphatic rings. The average Bonchev–Trinajstić information content (AvgIpc) is 3.52. The first-order valence-electron chi connectivity index (χ1n) is 13.0. The lowest BCUT2D eigenvalue weighted by Gasteiger charge is -2.23. The van der Waals surface area contributed by atoms with E-state index in [1.54, 1.807) is 31.4 Å². The number of benzene rings is 4. The molecule has 5 aromatic rings. The zero-order valence-corrected chi connectivity index (χ0v) is 23.4. The van der Waals surface area contributed by atoms with Gasteiger partial charge in [0.15, 0.2) is 5.13 Å². The number of para-hydroxylation sites is 1. The highest BCUT2D eigenvalue weighted by Crippen LogP contribution is 2.45. The number of methoxy groups -OCH3 is 1. The van der Waals surface area contributed by atoms with E-state index in [2.05, 4.69) is 0 Å². The van der Waals surface area contributed by atoms with Crippen molar-refractivity contribution in [3.05, 3.63) is 119 Å². The SMILES string of the molecule is COc1ccc2nc(N3C(=O)C(=O)/C(=C(/O)c4cc(C)ccc4C)C3c3cccc(Oc4ccccc4)c3)sc2c1. The number of ether oxygens (including phenoxy) is 2. The molecular formula is C33H26N2O5S. The molecule has 0 bridgehead atoms. The number of hydrogen-bond acceptors (Lipinski definition) is 7. The molecule has 1 atom stereocenters. The van der Waals surface area contributed by atoms with Crippen LogP contribution in [0.4, 0.5) is 5.13 Å². The van der Waals surface area contributed by atoms with Gasteiger partial charge in [-0.25, -0.2) is 4.98 Å². The minimum absolute atomic E-state index is 0.00241. The molecular weight excluding hydrogens is 536 g/mol. The molecule has 1 saturated heterocycles. The minimum Gasteiger partial charge on any atom is -0.507 e. The Morgan fingerprint density at radius 3 is 2.44 bits per heavy atom. The zero-order valence-electron chi connectivity index (χ0n) is 22.6. The first kappa shape index (κ1) is 26.3. The largest absolute Gasteiger partial charge is 0.507 e. The van der Waals surface area contributed by atoms with E-state index in [0.29, 0.717) is 39.0 Å². The monoisotopic (exact) mass is 562 g/mol. The number of aryl methyl sites for hydroxylation is 2. The number of ketones is 1. The second-order valence-corrected chi connectivity index (χ2v) is 10.8. The Morgan fingerprint density at radius 1 is 0.878 bits per heavy atom. The van der Waals surface area contributed by atoms with Crippen LogP contribution in [0.5, 0.6) is 17.2 Å². The van der Waals surface area contributed by atoms with Crippen LogP contribution in [-0.2, 0) is 9.59 Å². The number of hydrogen-bond donors (Lipinski definition) is 1. The van der Waals surface area contributed by atoms with Crippen LogP contribution in [0.25, 0.3) is 16.0 Å². The van der Waals surface area contributed by atoms with Gasteiger partial charge in [-0.3, -0.25) is 14.5 Å². The second-order valence-electron chi connectivity index (χ2n) is 9.81. The number of Topliss-reactive ketones (excluding diaryl/α,β-unsaturated/α-hetero) is 1. The van der Waals surface area contributed by atoms with Crippen LogP contribution < -0.4 is 14.4 Å². The maximum absolute atomic E-state index is 13.7. The lowest BCUT2D eigenvalue weighted by molar-refractivity contribution is -0.132. The van der Waals surface area contributed by atoms with Gasteiger partial charge in [0.2, 0.25) is 0 Å². The molecule has 204 valence electrons. The number of aliphatic hydroxyl groups excluding tert-OH is 1. The second kappa shape index (κ2) is 10.6. The molecule has 41 heavy (non-hydrogen) atoms. The van der Waals surface area contributed by atoms with Crippen LogP contribution in [0, 0.1) is 13.8 Å². The fourth-order valence-electron chi connectivity index (χ4n) is 4.98. The van der Waals surface area contributed by atoms with Crippen molar-refractivity contribution in [2.45, 2.75) is 19.9 Å². The Balaban J connectivity index is 1.54. The molecule has 1 fully saturated rings. The molecule has 6 rings (SSSR count). The highest BCUT2D eigenvalue weighted by Gasteiger charge is 2.48. The highest BCUT2D eigenvalue weighted by atomic mass is 32.1. The third-order valence-corrected chi connectivity index (χ3v) is 8.05. The molecule has 1 unspecified atom stereocenters. The topological polar surface area (TPSA) is 89.0 Å². The molecule has 0 aliphatic carbocycles. The number of fused-ring (bicyclic) bond motifs is 1. The first-order chi connectivity index (χ1) is 19.8. The van der Waals surface area contributed by atoms with Gasteiger partial charge in [-0.15, -0.1) is 0 Å². The Bertz CT molecular complexity index is 1840. The number of amides is 1. The van der Waals surface area contributed by atoms with Gasteiger partial charge in [0, 0.05) is 5.56 Å². The summed E-state index contributed by atoms with van der Waals surface area (Å²) < 4.78 is 12.2. The number of nitrogens with zero attached hydrogens (tertiary/aromatic N) is 2. The van der Waals surface area contributed by atoms with Gasteiger partial charge in [0.05, 0.1) is 28.9 Å². The van der Waals surface area contributed by atoms with E-state index in [1.165, 1.54) is 16.2 Å². The molecule has 4 aromatic carbocycles. The predicted molar refractivity (Wildman–Crippen MR) is 160 cm³/mol. The summed E-state index contributed by atoms with van der Waals surface area (Å²) in [6.07, 6.45) is 0. The molecule has 7 nitrogen and oxygen atoms in total. The number of carbonyl (C=O) groups excluding carboxylic acids is 2. The third kappa shape index (κ3) is 4.83. The van der Waals surface area contributed by atoms with E-state index in [4.69, 9.17) is 14.5 Å². The first-order valence-corrected chi connectivity index (χ1v) is 13.8. The van der Waals surface area contributed by atoms with Gasteiger partial charge >= 0.3 is 5.91 Å². The third-order valence-electron chi connectivity index (χ3n) is 7.04. The summed E-state index contributed by atoms with van der Waals surface area (Å²) >= 11 is 1.28. The smallest absolute Gasteiger partial charge is 0.301 e. The normalized spacial score (nSPS) is 16.4. The van der Waals surface area contributed by atoms with Gasteiger partial charge in [0.1, 0.15) is 23.0 Å². The number of anilines is 1. The summed E-state index contributed by atoms with van der Waals surface area (Å²) in [6.45, 7) is 3.76. The van der Waals surface area contributed by atoms with Gasteiger partial charge in [-0.05, 0) is 73.5 Å². The summed E-state index contributed by atoms with van der Waals surface area (Å²) in [7, 11) is 1.58. The Labute approximate surface area is 240 Å². The predicted octanol–water partition coefficient (Wildman–Crippen LogP) is 7.34. The molecule has 1 N–H and O–H groups in total. The molecule has 0 spiro atoms. The summed E-state index contributed by atoms with van der Waals surface area (Å²) in [6, 6.07) is 26.7. The highest BCUT2D eigenvalue weighted by molar-refractivity contribution is 7.22. The van der Waals surface area contributed by atoms with Crippen molar-refractivity contribution in [1.29, 1.82) is 0 Å². The van der Waals surface area contributed by atoms with Gasteiger partial charge < -0.3 is 14.6 Å². The fourth-order valence-corrected chi connectivity index (χ4v) is 6.00. The maximum Gasteiger partial charge on any atom is 0.301 e. The van der Waals surface area contributed by atoms with Crippen LogP contribution in [-0.4, -0.2) is 28.9 Å². The van der Waals surface area contributed by atoms with Crippen LogP contribution in [0.1, 0.15) is 28.3 Å². The molecule has 1 amide bonds. The molecule has 0 radical (unpaired) electrons. The number of aliphatic hydroxyl groups is 1. The van der Waals surface area contributed by atoms with Gasteiger partial charge in [-0.1, -0.05) is 59.4 Å². The minimum atomic E-state index is -0.934. The van der Waals surface area contributed by atoms with E-state index in [0.717, 1.165) is 15.8 Å². The number of carbonyl (C=O) groups is 2. The number of rotatable bonds is 6. The average molecular weight is 563 g/mol. The van der Waals surface area contributed by atoms with E-state index in [9.17, 15) is 14.7 Å². The van der Waals surface area contributed by atoms with Crippen molar-refractivity contribution in [2.75, 3.05) is 12.0 Å². The van der Waals surface area contributed by atoms with E-state index < -0.39 is 17.7 Å². The molecule has 0 saturated carbocycles. The van der Waals surface area contributed by atoms with E-state index >= 15 is 0 Å². The quantitative estimate of drug-likeness (QED) is 0.132. The van der Waals surface area contributed by atoms with Gasteiger partial charge in [-0.2, -0.15) is 0 Å². The molecule has 1 aromatic heterocycles. The number of thiazole rings is 1. The van der Waals surface area contributed by atoms with Crippen LogP contribution in [0.15, 0.2) is 96.6 Å². The summed E-state index contributed by atoms with van der Waals surface area (Å²) in [5, 5.41) is 12.0. The lowest BCUT2D eigenvalue weighted by atomic mass is 9.93. The Hall–Kier alpha value is -4.95. The van der Waals surface area contributed by atoms with Crippen molar-refractivity contribution in [3.63, 3.8) is 0 Å². The lowest BCUT2D eigenvalue weighted by Crippen LogP contribution is -2.29. The molecule has 1 aliphatic heterocycles.